The van der Waals surface area contributed by atoms with Gasteiger partial charge in [-0.1, -0.05) is 356 Å². The van der Waals surface area contributed by atoms with Crippen molar-refractivity contribution in [2.24, 2.45) is 0 Å². The Labute approximate surface area is 515 Å². The van der Waals surface area contributed by atoms with Crippen molar-refractivity contribution in [2.45, 2.75) is 374 Å². The summed E-state index contributed by atoms with van der Waals surface area (Å²) in [6.45, 7) is 6.53. The van der Waals surface area contributed by atoms with Crippen molar-refractivity contribution in [2.75, 3.05) is 13.2 Å². The molecule has 0 heterocycles. The molecule has 0 aliphatic carbocycles. The summed E-state index contributed by atoms with van der Waals surface area (Å²) in [7, 11) is 0. The normalized spacial score (nSPS) is 12.6. The Kier molecular flexibility index (Phi) is 68.2. The number of esters is 3. The van der Waals surface area contributed by atoms with E-state index in [0.717, 1.165) is 122 Å². The highest BCUT2D eigenvalue weighted by atomic mass is 16.6. The highest BCUT2D eigenvalue weighted by molar-refractivity contribution is 5.71. The second-order valence-electron chi connectivity index (χ2n) is 24.1. The smallest absolute Gasteiger partial charge is 0.306 e. The van der Waals surface area contributed by atoms with Crippen LogP contribution in [-0.2, 0) is 28.6 Å². The molecule has 0 fully saturated rings. The molecule has 0 N–H and O–H groups in total. The zero-order chi connectivity index (χ0) is 59.9. The Morgan fingerprint density at radius 3 is 0.735 bits per heavy atom. The van der Waals surface area contributed by atoms with E-state index in [2.05, 4.69) is 106 Å². The van der Waals surface area contributed by atoms with Crippen LogP contribution in [0.15, 0.2) is 85.1 Å². The zero-order valence-electron chi connectivity index (χ0n) is 55.2. The van der Waals surface area contributed by atoms with Gasteiger partial charge in [0.1, 0.15) is 13.2 Å². The molecule has 6 heteroatoms. The monoisotopic (exact) mass is 1160 g/mol. The molecule has 1 atom stereocenters. The molecule has 480 valence electrons. The molecular weight excluding hydrogens is 1020 g/mol. The first-order chi connectivity index (χ1) is 41.0. The summed E-state index contributed by atoms with van der Waals surface area (Å²) in [4.78, 5) is 38.3. The number of ether oxygens (including phenoxy) is 3. The summed E-state index contributed by atoms with van der Waals surface area (Å²) in [5.74, 6) is -0.887. The van der Waals surface area contributed by atoms with Crippen LogP contribution in [0.25, 0.3) is 0 Å². The zero-order valence-corrected chi connectivity index (χ0v) is 55.2. The van der Waals surface area contributed by atoms with Crippen molar-refractivity contribution >= 4 is 17.9 Å². The van der Waals surface area contributed by atoms with E-state index in [4.69, 9.17) is 14.2 Å². The van der Waals surface area contributed by atoms with Crippen LogP contribution >= 0.6 is 0 Å². The molecule has 0 aromatic heterocycles. The Morgan fingerprint density at radius 1 is 0.253 bits per heavy atom. The highest BCUT2D eigenvalue weighted by Gasteiger charge is 2.19. The molecule has 0 spiro atoms. The van der Waals surface area contributed by atoms with E-state index in [1.165, 1.54) is 205 Å². The largest absolute Gasteiger partial charge is 0.462 e. The number of unbranched alkanes of at least 4 members (excludes halogenated alkanes) is 41. The minimum atomic E-state index is -0.785. The molecule has 0 saturated carbocycles. The first-order valence-electron chi connectivity index (χ1n) is 36.1. The number of carbonyl (C=O) groups excluding carboxylic acids is 3. The van der Waals surface area contributed by atoms with E-state index >= 15 is 0 Å². The van der Waals surface area contributed by atoms with Gasteiger partial charge >= 0.3 is 17.9 Å². The van der Waals surface area contributed by atoms with Crippen LogP contribution in [0, 0.1) is 0 Å². The lowest BCUT2D eigenvalue weighted by Crippen LogP contribution is -2.30. The lowest BCUT2D eigenvalue weighted by atomic mass is 10.0. The van der Waals surface area contributed by atoms with Gasteiger partial charge in [-0.15, -0.1) is 0 Å². The van der Waals surface area contributed by atoms with Crippen molar-refractivity contribution in [1.29, 1.82) is 0 Å². The molecule has 83 heavy (non-hydrogen) atoms. The number of hydrogen-bond donors (Lipinski definition) is 0. The van der Waals surface area contributed by atoms with Crippen molar-refractivity contribution < 1.29 is 28.6 Å². The summed E-state index contributed by atoms with van der Waals surface area (Å²) in [5, 5.41) is 0. The van der Waals surface area contributed by atoms with Gasteiger partial charge in [-0.2, -0.15) is 0 Å². The Morgan fingerprint density at radius 2 is 0.470 bits per heavy atom. The van der Waals surface area contributed by atoms with E-state index in [-0.39, 0.29) is 31.1 Å². The van der Waals surface area contributed by atoms with Gasteiger partial charge < -0.3 is 14.2 Å². The molecule has 0 bridgehead atoms. The average molecular weight is 1160 g/mol. The van der Waals surface area contributed by atoms with Gasteiger partial charge in [-0.25, -0.2) is 0 Å². The second kappa shape index (κ2) is 71.1. The van der Waals surface area contributed by atoms with E-state index in [1.54, 1.807) is 0 Å². The van der Waals surface area contributed by atoms with Crippen LogP contribution in [-0.4, -0.2) is 37.2 Å². The van der Waals surface area contributed by atoms with Gasteiger partial charge in [-0.3, -0.25) is 14.4 Å². The summed E-state index contributed by atoms with van der Waals surface area (Å²) >= 11 is 0. The van der Waals surface area contributed by atoms with Crippen LogP contribution < -0.4 is 0 Å². The predicted octanol–water partition coefficient (Wildman–Crippen LogP) is 25.0. The topological polar surface area (TPSA) is 78.9 Å². The number of allylic oxidation sites excluding steroid dienone is 14. The maximum atomic E-state index is 12.9. The molecular formula is C77H136O6. The van der Waals surface area contributed by atoms with Gasteiger partial charge in [0.25, 0.3) is 0 Å². The van der Waals surface area contributed by atoms with Crippen LogP contribution in [0.2, 0.25) is 0 Å². The SMILES string of the molecule is CC/C=C\C/C=C\C/C=C\C/C=C\C/C=C\C/C=C\C/C=C\CCCCCCCC(=O)OC(COC(=O)CCCCCCCCCC)COC(=O)CCCCCCCCCCCCCCCCCCCCCCCCCCCCCCCC. The van der Waals surface area contributed by atoms with E-state index in [1.807, 2.05) is 0 Å². The molecule has 0 saturated heterocycles. The maximum absolute atomic E-state index is 12.9. The van der Waals surface area contributed by atoms with Crippen LogP contribution in [0.4, 0.5) is 0 Å². The third-order valence-corrected chi connectivity index (χ3v) is 15.9. The number of carbonyl (C=O) groups is 3. The van der Waals surface area contributed by atoms with Gasteiger partial charge in [-0.05, 0) is 77.0 Å². The Bertz CT molecular complexity index is 1570. The lowest BCUT2D eigenvalue weighted by Gasteiger charge is -2.18. The molecule has 0 aliphatic rings. The molecule has 6 nitrogen and oxygen atoms in total. The Balaban J connectivity index is 4.12. The fourth-order valence-corrected chi connectivity index (χ4v) is 10.5. The van der Waals surface area contributed by atoms with Crippen molar-refractivity contribution in [3.05, 3.63) is 85.1 Å². The molecule has 0 aromatic carbocycles. The summed E-state index contributed by atoms with van der Waals surface area (Å²) in [6, 6.07) is 0. The standard InChI is InChI=1S/C77H136O6/c1-4-7-10-13-16-19-21-23-25-27-29-31-33-35-37-38-39-41-42-44-46-48-50-52-54-56-58-61-64-67-70-76(79)82-73-74(72-81-75(78)69-66-63-60-18-15-12-9-6-3)83-77(80)71-68-65-62-59-57-55-53-51-49-47-45-43-40-36-34-32-30-28-26-24-22-20-17-14-11-8-5-2/h8,11,17,20,24,26,30,32,36,40,45,47,51,53,74H,4-7,9-10,12-16,18-19,21-23,25,27-29,31,33-35,37-39,41-44,46,48-50,52,54-73H2,1-3H3/b11-8-,20-17-,26-24-,32-30-,40-36-,47-45-,53-51-. The summed E-state index contributed by atoms with van der Waals surface area (Å²) < 4.78 is 16.9. The first-order valence-corrected chi connectivity index (χ1v) is 36.1. The van der Waals surface area contributed by atoms with Crippen LogP contribution in [0.3, 0.4) is 0 Å². The molecule has 0 aromatic rings. The summed E-state index contributed by atoms with van der Waals surface area (Å²) in [5.41, 5.74) is 0. The number of hydrogen-bond acceptors (Lipinski definition) is 6. The van der Waals surface area contributed by atoms with Crippen LogP contribution in [0.5, 0.6) is 0 Å². The quantitative estimate of drug-likeness (QED) is 0.0261. The molecule has 0 radical (unpaired) electrons. The molecule has 0 aliphatic heterocycles. The van der Waals surface area contributed by atoms with Gasteiger partial charge in [0, 0.05) is 19.3 Å². The van der Waals surface area contributed by atoms with Crippen molar-refractivity contribution in [1.82, 2.24) is 0 Å². The third kappa shape index (κ3) is 69.3. The summed E-state index contributed by atoms with van der Waals surface area (Å²) in [6.07, 6.45) is 95.0. The maximum Gasteiger partial charge on any atom is 0.306 e. The highest BCUT2D eigenvalue weighted by Crippen LogP contribution is 2.18. The van der Waals surface area contributed by atoms with Gasteiger partial charge in [0.05, 0.1) is 0 Å². The minimum absolute atomic E-state index is 0.0805. The fourth-order valence-electron chi connectivity index (χ4n) is 10.5. The van der Waals surface area contributed by atoms with Crippen LogP contribution in [0.1, 0.15) is 367 Å². The predicted molar refractivity (Wildman–Crippen MR) is 362 cm³/mol. The fraction of sp³-hybridized carbons (Fsp3) is 0.779. The lowest BCUT2D eigenvalue weighted by molar-refractivity contribution is -0.167. The average Bonchev–Trinajstić information content (AvgIpc) is 3.49. The van der Waals surface area contributed by atoms with E-state index in [9.17, 15) is 14.4 Å². The van der Waals surface area contributed by atoms with Gasteiger partial charge in [0.15, 0.2) is 6.10 Å². The third-order valence-electron chi connectivity index (χ3n) is 15.9. The van der Waals surface area contributed by atoms with Crippen molar-refractivity contribution in [3.63, 3.8) is 0 Å². The Hall–Kier alpha value is -3.41. The molecule has 1 unspecified atom stereocenters. The minimum Gasteiger partial charge on any atom is -0.462 e. The van der Waals surface area contributed by atoms with Crippen molar-refractivity contribution in [3.8, 4) is 0 Å². The second-order valence-corrected chi connectivity index (χ2v) is 24.1. The first kappa shape index (κ1) is 79.6. The number of rotatable bonds is 66. The molecule has 0 amide bonds. The van der Waals surface area contributed by atoms with Gasteiger partial charge in [0.2, 0.25) is 0 Å². The van der Waals surface area contributed by atoms with E-state index < -0.39 is 6.10 Å². The van der Waals surface area contributed by atoms with E-state index in [0.29, 0.717) is 19.3 Å². The molecule has 0 rings (SSSR count).